The zero-order valence-electron chi connectivity index (χ0n) is 12.5. The van der Waals surface area contributed by atoms with Crippen molar-refractivity contribution in [2.45, 2.75) is 12.6 Å². The summed E-state index contributed by atoms with van der Waals surface area (Å²) in [6, 6.07) is 3.62. The van der Waals surface area contributed by atoms with Gasteiger partial charge >= 0.3 is 6.18 Å². The molecule has 2 aromatic heterocycles. The molecule has 0 saturated carbocycles. The quantitative estimate of drug-likeness (QED) is 0.838. The maximum absolute atomic E-state index is 12.6. The molecule has 1 aliphatic heterocycles. The summed E-state index contributed by atoms with van der Waals surface area (Å²) >= 11 is 5.76. The smallest absolute Gasteiger partial charge is 0.433 e. The van der Waals surface area contributed by atoms with Crippen LogP contribution in [0.2, 0.25) is 5.02 Å². The number of pyridine rings is 1. The van der Waals surface area contributed by atoms with Gasteiger partial charge in [0.15, 0.2) is 0 Å². The summed E-state index contributed by atoms with van der Waals surface area (Å²) in [5.41, 5.74) is -0.956. The van der Waals surface area contributed by atoms with Crippen LogP contribution in [0.3, 0.4) is 0 Å². The van der Waals surface area contributed by atoms with E-state index in [1.807, 2.05) is 4.90 Å². The molecule has 1 fully saturated rings. The minimum absolute atomic E-state index is 0.0222. The highest BCUT2D eigenvalue weighted by molar-refractivity contribution is 6.30. The summed E-state index contributed by atoms with van der Waals surface area (Å²) in [6.07, 6.45) is -0.582. The average molecular weight is 359 g/mol. The number of halogens is 4. The van der Waals surface area contributed by atoms with Crippen molar-refractivity contribution >= 4 is 17.5 Å². The third kappa shape index (κ3) is 4.05. The predicted molar refractivity (Wildman–Crippen MR) is 82.1 cm³/mol. The molecule has 3 rings (SSSR count). The van der Waals surface area contributed by atoms with Gasteiger partial charge in [-0.15, -0.1) is 0 Å². The van der Waals surface area contributed by atoms with Crippen molar-refractivity contribution in [2.24, 2.45) is 5.92 Å². The van der Waals surface area contributed by atoms with Crippen LogP contribution in [0.5, 0.6) is 5.88 Å². The third-order valence-corrected chi connectivity index (χ3v) is 3.85. The number of alkyl halides is 3. The number of hydrogen-bond donors (Lipinski definition) is 0. The number of nitrogens with zero attached hydrogens (tertiary/aromatic N) is 4. The van der Waals surface area contributed by atoms with Crippen molar-refractivity contribution in [3.05, 3.63) is 41.3 Å². The molecule has 0 aliphatic carbocycles. The Bertz CT molecular complexity index is 696. The Balaban J connectivity index is 1.56. The molecule has 3 heterocycles. The second-order valence-electron chi connectivity index (χ2n) is 5.47. The lowest BCUT2D eigenvalue weighted by molar-refractivity contribution is -0.141. The normalized spacial score (nSPS) is 18.0. The first kappa shape index (κ1) is 16.8. The molecule has 0 radical (unpaired) electrons. The van der Waals surface area contributed by atoms with Crippen molar-refractivity contribution < 1.29 is 17.9 Å². The fourth-order valence-corrected chi connectivity index (χ4v) is 2.57. The highest BCUT2D eigenvalue weighted by Crippen LogP contribution is 2.29. The van der Waals surface area contributed by atoms with E-state index in [0.717, 1.165) is 19.0 Å². The molecule has 9 heteroatoms. The number of anilines is 1. The molecule has 2 aromatic rings. The predicted octanol–water partition coefficient (Wildman–Crippen LogP) is 3.45. The number of ether oxygens (including phenoxy) is 1. The summed E-state index contributed by atoms with van der Waals surface area (Å²) < 4.78 is 43.3. The van der Waals surface area contributed by atoms with Gasteiger partial charge in [0.1, 0.15) is 5.69 Å². The Morgan fingerprint density at radius 3 is 2.71 bits per heavy atom. The van der Waals surface area contributed by atoms with Gasteiger partial charge in [-0.2, -0.15) is 13.2 Å². The van der Waals surface area contributed by atoms with E-state index in [0.29, 0.717) is 24.1 Å². The third-order valence-electron chi connectivity index (χ3n) is 3.66. The number of aromatic nitrogens is 3. The summed E-state index contributed by atoms with van der Waals surface area (Å²) in [4.78, 5) is 13.8. The lowest BCUT2D eigenvalue weighted by Gasteiger charge is -2.16. The summed E-state index contributed by atoms with van der Waals surface area (Å²) in [7, 11) is 0. The molecule has 0 N–H and O–H groups in total. The van der Waals surface area contributed by atoms with Crippen LogP contribution >= 0.6 is 11.6 Å². The fraction of sp³-hybridized carbons (Fsp3) is 0.400. The summed E-state index contributed by atoms with van der Waals surface area (Å²) in [5.74, 6) is 0.728. The van der Waals surface area contributed by atoms with Crippen molar-refractivity contribution in [2.75, 3.05) is 24.6 Å². The van der Waals surface area contributed by atoms with Crippen LogP contribution in [-0.4, -0.2) is 34.6 Å². The van der Waals surface area contributed by atoms with Crippen molar-refractivity contribution in [1.29, 1.82) is 0 Å². The van der Waals surface area contributed by atoms with E-state index < -0.39 is 11.9 Å². The van der Waals surface area contributed by atoms with Gasteiger partial charge in [-0.05, 0) is 12.5 Å². The molecule has 0 amide bonds. The molecule has 1 atom stereocenters. The van der Waals surface area contributed by atoms with Crippen molar-refractivity contribution in [3.8, 4) is 5.88 Å². The van der Waals surface area contributed by atoms with Crippen LogP contribution in [0.15, 0.2) is 30.6 Å². The second-order valence-corrected chi connectivity index (χ2v) is 5.91. The van der Waals surface area contributed by atoms with Gasteiger partial charge in [-0.1, -0.05) is 17.7 Å². The van der Waals surface area contributed by atoms with Gasteiger partial charge in [0.25, 0.3) is 0 Å². The molecule has 0 aromatic carbocycles. The Morgan fingerprint density at radius 2 is 2.00 bits per heavy atom. The molecule has 1 saturated heterocycles. The standard InChI is InChI=1S/C15H14ClF3N4O/c16-11-6-20-14(21-7-11)23-5-4-10(8-23)9-24-13-3-1-2-12(22-13)15(17,18)19/h1-3,6-7,10H,4-5,8-9H2. The Labute approximate surface area is 141 Å². The van der Waals surface area contributed by atoms with E-state index >= 15 is 0 Å². The minimum atomic E-state index is -4.48. The lowest BCUT2D eigenvalue weighted by Crippen LogP contribution is -2.23. The molecule has 1 aliphatic rings. The molecule has 5 nitrogen and oxygen atoms in total. The van der Waals surface area contributed by atoms with E-state index in [2.05, 4.69) is 15.0 Å². The van der Waals surface area contributed by atoms with E-state index in [9.17, 15) is 13.2 Å². The van der Waals surface area contributed by atoms with Gasteiger partial charge < -0.3 is 9.64 Å². The van der Waals surface area contributed by atoms with Crippen LogP contribution in [0, 0.1) is 5.92 Å². The zero-order valence-corrected chi connectivity index (χ0v) is 13.3. The number of rotatable bonds is 4. The second kappa shape index (κ2) is 6.80. The fourth-order valence-electron chi connectivity index (χ4n) is 2.48. The largest absolute Gasteiger partial charge is 0.477 e. The maximum Gasteiger partial charge on any atom is 0.433 e. The average Bonchev–Trinajstić information content (AvgIpc) is 3.02. The van der Waals surface area contributed by atoms with Gasteiger partial charge in [0.2, 0.25) is 11.8 Å². The summed E-state index contributed by atoms with van der Waals surface area (Å²) in [6.45, 7) is 1.71. The van der Waals surface area contributed by atoms with Crippen LogP contribution in [0.4, 0.5) is 19.1 Å². The van der Waals surface area contributed by atoms with Crippen LogP contribution in [0.1, 0.15) is 12.1 Å². The van der Waals surface area contributed by atoms with E-state index in [4.69, 9.17) is 16.3 Å². The van der Waals surface area contributed by atoms with Crippen LogP contribution in [-0.2, 0) is 6.18 Å². The van der Waals surface area contributed by atoms with E-state index in [1.165, 1.54) is 24.5 Å². The van der Waals surface area contributed by atoms with Gasteiger partial charge in [0, 0.05) is 25.1 Å². The van der Waals surface area contributed by atoms with E-state index in [-0.39, 0.29) is 11.8 Å². The maximum atomic E-state index is 12.6. The highest BCUT2D eigenvalue weighted by atomic mass is 35.5. The zero-order chi connectivity index (χ0) is 17.2. The molecule has 0 spiro atoms. The molecule has 24 heavy (non-hydrogen) atoms. The molecule has 0 bridgehead atoms. The molecule has 1 unspecified atom stereocenters. The Morgan fingerprint density at radius 1 is 1.25 bits per heavy atom. The Kier molecular flexibility index (Phi) is 4.75. The first-order chi connectivity index (χ1) is 11.4. The van der Waals surface area contributed by atoms with Gasteiger partial charge in [-0.25, -0.2) is 15.0 Å². The van der Waals surface area contributed by atoms with Crippen molar-refractivity contribution in [1.82, 2.24) is 15.0 Å². The van der Waals surface area contributed by atoms with Gasteiger partial charge in [0.05, 0.1) is 24.0 Å². The van der Waals surface area contributed by atoms with Crippen molar-refractivity contribution in [3.63, 3.8) is 0 Å². The molecular weight excluding hydrogens is 345 g/mol. The molecule has 128 valence electrons. The topological polar surface area (TPSA) is 51.1 Å². The van der Waals surface area contributed by atoms with Crippen LogP contribution in [0.25, 0.3) is 0 Å². The minimum Gasteiger partial charge on any atom is -0.477 e. The summed E-state index contributed by atoms with van der Waals surface area (Å²) in [5, 5.41) is 0.466. The number of hydrogen-bond acceptors (Lipinski definition) is 5. The van der Waals surface area contributed by atoms with Crippen LogP contribution < -0.4 is 9.64 Å². The Hall–Kier alpha value is -2.09. The highest BCUT2D eigenvalue weighted by Gasteiger charge is 2.33. The monoisotopic (exact) mass is 358 g/mol. The lowest BCUT2D eigenvalue weighted by atomic mass is 10.1. The first-order valence-corrected chi connectivity index (χ1v) is 7.69. The SMILES string of the molecule is FC(F)(F)c1cccc(OCC2CCN(c3ncc(Cl)cn3)C2)n1. The molecular formula is C15H14ClF3N4O. The van der Waals surface area contributed by atoms with E-state index in [1.54, 1.807) is 0 Å². The first-order valence-electron chi connectivity index (χ1n) is 7.31. The van der Waals surface area contributed by atoms with Gasteiger partial charge in [-0.3, -0.25) is 0 Å².